The fraction of sp³-hybridized carbons (Fsp3) is 0.533. The standard InChI is InChI=1S/C15H20ClNO2S/c1-11(3-2-4-12-5-6-13(16)20-12)9-10-17-14(18)7-8-15(17)19/h3,5-6,14,18H,2,4,7-10H2,1H3/b11-3+. The van der Waals surface area contributed by atoms with Gasteiger partial charge in [-0.25, -0.2) is 0 Å². The van der Waals surface area contributed by atoms with E-state index in [2.05, 4.69) is 19.1 Å². The van der Waals surface area contributed by atoms with E-state index >= 15 is 0 Å². The van der Waals surface area contributed by atoms with Crippen molar-refractivity contribution >= 4 is 28.8 Å². The summed E-state index contributed by atoms with van der Waals surface area (Å²) in [6.45, 7) is 2.70. The molecule has 1 fully saturated rings. The van der Waals surface area contributed by atoms with Gasteiger partial charge in [-0.05, 0) is 38.3 Å². The number of thiophene rings is 1. The van der Waals surface area contributed by atoms with E-state index in [4.69, 9.17) is 11.6 Å². The van der Waals surface area contributed by atoms with Gasteiger partial charge >= 0.3 is 0 Å². The molecular weight excluding hydrogens is 294 g/mol. The summed E-state index contributed by atoms with van der Waals surface area (Å²) >= 11 is 7.52. The molecular formula is C15H20ClNO2S. The molecule has 2 rings (SSSR count). The second-order valence-corrected chi connectivity index (χ2v) is 6.95. The number of likely N-dealkylation sites (tertiary alicyclic amines) is 1. The number of nitrogens with zero attached hydrogens (tertiary/aromatic N) is 1. The van der Waals surface area contributed by atoms with Crippen LogP contribution in [0.4, 0.5) is 0 Å². The summed E-state index contributed by atoms with van der Waals surface area (Å²) in [5.41, 5.74) is 1.26. The average Bonchev–Trinajstić information content (AvgIpc) is 2.95. The van der Waals surface area contributed by atoms with E-state index in [-0.39, 0.29) is 5.91 Å². The molecule has 110 valence electrons. The minimum absolute atomic E-state index is 0.0681. The van der Waals surface area contributed by atoms with Gasteiger partial charge in [0.2, 0.25) is 5.91 Å². The molecule has 2 heterocycles. The van der Waals surface area contributed by atoms with Gasteiger partial charge in [-0.3, -0.25) is 4.79 Å². The van der Waals surface area contributed by atoms with Crippen LogP contribution in [-0.4, -0.2) is 28.7 Å². The van der Waals surface area contributed by atoms with Crippen molar-refractivity contribution in [3.05, 3.63) is 33.0 Å². The second kappa shape index (κ2) is 7.25. The molecule has 0 radical (unpaired) electrons. The van der Waals surface area contributed by atoms with Gasteiger partial charge in [0.15, 0.2) is 0 Å². The first kappa shape index (κ1) is 15.5. The lowest BCUT2D eigenvalue weighted by Gasteiger charge is -2.20. The number of carbonyl (C=O) groups is 1. The van der Waals surface area contributed by atoms with E-state index in [1.165, 1.54) is 10.5 Å². The first-order valence-corrected chi connectivity index (χ1v) is 8.13. The Labute approximate surface area is 128 Å². The molecule has 1 unspecified atom stereocenters. The Morgan fingerprint density at radius 3 is 3.00 bits per heavy atom. The van der Waals surface area contributed by atoms with Crippen LogP contribution in [0.2, 0.25) is 4.34 Å². The van der Waals surface area contributed by atoms with Crippen molar-refractivity contribution in [1.29, 1.82) is 0 Å². The highest BCUT2D eigenvalue weighted by atomic mass is 35.5. The van der Waals surface area contributed by atoms with Crippen LogP contribution < -0.4 is 0 Å². The maximum Gasteiger partial charge on any atom is 0.224 e. The number of hydrogen-bond acceptors (Lipinski definition) is 3. The lowest BCUT2D eigenvalue weighted by molar-refractivity contribution is -0.133. The zero-order valence-electron chi connectivity index (χ0n) is 11.6. The van der Waals surface area contributed by atoms with E-state index in [1.807, 2.05) is 6.07 Å². The summed E-state index contributed by atoms with van der Waals surface area (Å²) in [6.07, 6.45) is 5.49. The number of aliphatic hydroxyl groups excluding tert-OH is 1. The number of carbonyl (C=O) groups excluding carboxylic acids is 1. The molecule has 0 saturated carbocycles. The Balaban J connectivity index is 1.72. The number of halogens is 1. The quantitative estimate of drug-likeness (QED) is 0.815. The maximum absolute atomic E-state index is 11.5. The van der Waals surface area contributed by atoms with E-state index in [9.17, 15) is 9.90 Å². The summed E-state index contributed by atoms with van der Waals surface area (Å²) in [5, 5.41) is 9.67. The molecule has 1 aromatic rings. The minimum atomic E-state index is -0.580. The van der Waals surface area contributed by atoms with Gasteiger partial charge < -0.3 is 10.0 Å². The van der Waals surface area contributed by atoms with Crippen LogP contribution in [0, 0.1) is 0 Å². The topological polar surface area (TPSA) is 40.5 Å². The normalized spacial score (nSPS) is 19.9. The van der Waals surface area contributed by atoms with Crippen molar-refractivity contribution in [3.8, 4) is 0 Å². The van der Waals surface area contributed by atoms with Gasteiger partial charge in [0.25, 0.3) is 0 Å². The molecule has 20 heavy (non-hydrogen) atoms. The summed E-state index contributed by atoms with van der Waals surface area (Å²) in [5.74, 6) is 0.0681. The van der Waals surface area contributed by atoms with Gasteiger partial charge in [0.1, 0.15) is 6.23 Å². The van der Waals surface area contributed by atoms with Crippen molar-refractivity contribution in [3.63, 3.8) is 0 Å². The van der Waals surface area contributed by atoms with Gasteiger partial charge in [-0.15, -0.1) is 11.3 Å². The highest BCUT2D eigenvalue weighted by Crippen LogP contribution is 2.23. The van der Waals surface area contributed by atoms with Crippen LogP contribution in [0.1, 0.15) is 37.5 Å². The smallest absolute Gasteiger partial charge is 0.224 e. The van der Waals surface area contributed by atoms with E-state index in [1.54, 1.807) is 16.2 Å². The Hall–Kier alpha value is -0.840. The largest absolute Gasteiger partial charge is 0.374 e. The van der Waals surface area contributed by atoms with Gasteiger partial charge in [0.05, 0.1) is 4.34 Å². The van der Waals surface area contributed by atoms with Crippen molar-refractivity contribution in [2.45, 2.75) is 45.3 Å². The summed E-state index contributed by atoms with van der Waals surface area (Å²) in [4.78, 5) is 14.4. The minimum Gasteiger partial charge on any atom is -0.374 e. The van der Waals surface area contributed by atoms with Gasteiger partial charge in [0, 0.05) is 24.3 Å². The van der Waals surface area contributed by atoms with Crippen molar-refractivity contribution < 1.29 is 9.90 Å². The number of rotatable bonds is 6. The van der Waals surface area contributed by atoms with Crippen LogP contribution >= 0.6 is 22.9 Å². The maximum atomic E-state index is 11.5. The van der Waals surface area contributed by atoms with Crippen LogP contribution in [0.5, 0.6) is 0 Å². The Morgan fingerprint density at radius 2 is 2.40 bits per heavy atom. The highest BCUT2D eigenvalue weighted by Gasteiger charge is 2.28. The van der Waals surface area contributed by atoms with Crippen molar-refractivity contribution in [2.75, 3.05) is 6.54 Å². The van der Waals surface area contributed by atoms with Gasteiger partial charge in [-0.2, -0.15) is 0 Å². The molecule has 0 aromatic carbocycles. The third-order valence-electron chi connectivity index (χ3n) is 3.56. The number of hydrogen-bond donors (Lipinski definition) is 1. The zero-order chi connectivity index (χ0) is 14.5. The van der Waals surface area contributed by atoms with Crippen LogP contribution in [-0.2, 0) is 11.2 Å². The Bertz CT molecular complexity index is 498. The molecule has 1 N–H and O–H groups in total. The molecule has 1 aliphatic rings. The predicted octanol–water partition coefficient (Wildman–Crippen LogP) is 3.61. The number of aryl methyl sites for hydroxylation is 1. The van der Waals surface area contributed by atoms with Gasteiger partial charge in [-0.1, -0.05) is 23.3 Å². The predicted molar refractivity (Wildman–Crippen MR) is 83.0 cm³/mol. The second-order valence-electron chi connectivity index (χ2n) is 5.15. The summed E-state index contributed by atoms with van der Waals surface area (Å²) in [7, 11) is 0. The van der Waals surface area contributed by atoms with Crippen LogP contribution in [0.25, 0.3) is 0 Å². The van der Waals surface area contributed by atoms with Crippen LogP contribution in [0.3, 0.4) is 0 Å². The zero-order valence-corrected chi connectivity index (χ0v) is 13.2. The number of amides is 1. The highest BCUT2D eigenvalue weighted by molar-refractivity contribution is 7.16. The molecule has 0 aliphatic carbocycles. The summed E-state index contributed by atoms with van der Waals surface area (Å²) < 4.78 is 0.835. The SMILES string of the molecule is C/C(=C\CCc1ccc(Cl)s1)CCN1C(=O)CCC1O. The molecule has 1 amide bonds. The monoisotopic (exact) mass is 313 g/mol. The number of allylic oxidation sites excluding steroid dienone is 1. The fourth-order valence-corrected chi connectivity index (χ4v) is 3.44. The number of aliphatic hydroxyl groups is 1. The molecule has 0 bridgehead atoms. The Kier molecular flexibility index (Phi) is 5.64. The first-order chi connectivity index (χ1) is 9.56. The van der Waals surface area contributed by atoms with E-state index in [0.717, 1.165) is 23.6 Å². The lowest BCUT2D eigenvalue weighted by atomic mass is 10.1. The fourth-order valence-electron chi connectivity index (χ4n) is 2.34. The molecule has 5 heteroatoms. The third kappa shape index (κ3) is 4.33. The molecule has 1 saturated heterocycles. The third-order valence-corrected chi connectivity index (χ3v) is 4.85. The van der Waals surface area contributed by atoms with E-state index < -0.39 is 6.23 Å². The van der Waals surface area contributed by atoms with Crippen molar-refractivity contribution in [2.24, 2.45) is 0 Å². The Morgan fingerprint density at radius 1 is 1.60 bits per heavy atom. The molecule has 1 aliphatic heterocycles. The molecule has 3 nitrogen and oxygen atoms in total. The summed E-state index contributed by atoms with van der Waals surface area (Å²) in [6, 6.07) is 3.99. The van der Waals surface area contributed by atoms with Crippen molar-refractivity contribution in [1.82, 2.24) is 4.90 Å². The van der Waals surface area contributed by atoms with E-state index in [0.29, 0.717) is 19.4 Å². The lowest BCUT2D eigenvalue weighted by Crippen LogP contribution is -2.33. The molecule has 1 atom stereocenters. The molecule has 1 aromatic heterocycles. The first-order valence-electron chi connectivity index (χ1n) is 6.93. The average molecular weight is 314 g/mol. The molecule has 0 spiro atoms. The van der Waals surface area contributed by atoms with Crippen LogP contribution in [0.15, 0.2) is 23.8 Å².